The molecule has 3 rings (SSSR count). The molecule has 1 N–H and O–H groups in total. The third-order valence-electron chi connectivity index (χ3n) is 3.80. The molecule has 0 aliphatic rings. The van der Waals surface area contributed by atoms with Gasteiger partial charge >= 0.3 is 0 Å². The minimum absolute atomic E-state index is 0.0509. The maximum absolute atomic E-state index is 9.73. The lowest BCUT2D eigenvalue weighted by Crippen LogP contribution is -2.08. The molecule has 0 aliphatic carbocycles. The number of hydrogen-bond donors (Lipinski definition) is 1. The van der Waals surface area contributed by atoms with E-state index in [1.54, 1.807) is 6.33 Å². The van der Waals surface area contributed by atoms with Gasteiger partial charge in [-0.15, -0.1) is 0 Å². The van der Waals surface area contributed by atoms with E-state index in [0.29, 0.717) is 0 Å². The third kappa shape index (κ3) is 2.15. The molecule has 0 saturated heterocycles. The van der Waals surface area contributed by atoms with Gasteiger partial charge in [-0.2, -0.15) is 5.10 Å². The van der Waals surface area contributed by atoms with Gasteiger partial charge in [0.25, 0.3) is 0 Å². The van der Waals surface area contributed by atoms with Gasteiger partial charge in [-0.05, 0) is 32.9 Å². The topological polar surface area (TPSA) is 55.9 Å². The van der Waals surface area contributed by atoms with E-state index in [1.165, 1.54) is 0 Å². The van der Waals surface area contributed by atoms with E-state index in [1.807, 2.05) is 60.4 Å². The number of aromatic nitrogens is 4. The highest BCUT2D eigenvalue weighted by Gasteiger charge is 2.19. The first kappa shape index (κ1) is 13.6. The van der Waals surface area contributed by atoms with Crippen LogP contribution in [0.3, 0.4) is 0 Å². The van der Waals surface area contributed by atoms with Crippen LogP contribution >= 0.6 is 0 Å². The normalized spacial score (nSPS) is 11.0. The molecule has 3 aromatic rings. The lowest BCUT2D eigenvalue weighted by molar-refractivity contribution is 0.280. The Morgan fingerprint density at radius 2 is 1.76 bits per heavy atom. The van der Waals surface area contributed by atoms with Crippen LogP contribution in [0, 0.1) is 20.8 Å². The monoisotopic (exact) mass is 282 g/mol. The fourth-order valence-corrected chi connectivity index (χ4v) is 2.44. The van der Waals surface area contributed by atoms with Crippen LogP contribution in [0.4, 0.5) is 0 Å². The smallest absolute Gasteiger partial charge is 0.147 e. The molecule has 0 fully saturated rings. The predicted octanol–water partition coefficient (Wildman–Crippen LogP) is 2.48. The Kier molecular flexibility index (Phi) is 3.35. The van der Waals surface area contributed by atoms with E-state index in [4.69, 9.17) is 0 Å². The molecule has 0 saturated carbocycles. The lowest BCUT2D eigenvalue weighted by Gasteiger charge is -2.11. The van der Waals surface area contributed by atoms with Crippen molar-refractivity contribution in [1.82, 2.24) is 19.3 Å². The van der Waals surface area contributed by atoms with Crippen LogP contribution in [0.2, 0.25) is 0 Å². The van der Waals surface area contributed by atoms with Crippen LogP contribution in [-0.4, -0.2) is 24.4 Å². The van der Waals surface area contributed by atoms with Gasteiger partial charge in [-0.1, -0.05) is 18.2 Å². The molecule has 0 spiro atoms. The summed E-state index contributed by atoms with van der Waals surface area (Å²) < 4.78 is 3.84. The minimum atomic E-state index is -0.0509. The maximum atomic E-state index is 9.73. The van der Waals surface area contributed by atoms with Crippen molar-refractivity contribution in [3.05, 3.63) is 59.3 Å². The number of benzene rings is 1. The summed E-state index contributed by atoms with van der Waals surface area (Å²) in [4.78, 5) is 4.35. The number of aryl methyl sites for hydroxylation is 2. The van der Waals surface area contributed by atoms with Gasteiger partial charge in [-0.3, -0.25) is 4.57 Å². The second-order valence-corrected chi connectivity index (χ2v) is 5.08. The number of hydrogen-bond acceptors (Lipinski definition) is 3. The number of para-hydroxylation sites is 1. The number of rotatable bonds is 3. The highest BCUT2D eigenvalue weighted by atomic mass is 16.3. The second kappa shape index (κ2) is 5.18. The van der Waals surface area contributed by atoms with Crippen molar-refractivity contribution in [1.29, 1.82) is 0 Å². The Labute approximate surface area is 123 Å². The molecule has 0 unspecified atom stereocenters. The van der Waals surface area contributed by atoms with E-state index in [-0.39, 0.29) is 6.61 Å². The molecular weight excluding hydrogens is 264 g/mol. The summed E-state index contributed by atoms with van der Waals surface area (Å²) in [7, 11) is 0. The molecule has 2 heterocycles. The molecule has 0 atom stereocenters. The summed E-state index contributed by atoms with van der Waals surface area (Å²) in [6.07, 6.45) is 1.78. The Bertz CT molecular complexity index is 771. The van der Waals surface area contributed by atoms with Gasteiger partial charge < -0.3 is 5.11 Å². The Hall–Kier alpha value is -2.40. The Morgan fingerprint density at radius 1 is 1.05 bits per heavy atom. The molecule has 0 bridgehead atoms. The van der Waals surface area contributed by atoms with Crippen LogP contribution in [0.15, 0.2) is 36.7 Å². The Balaban J connectivity index is 2.30. The molecule has 0 amide bonds. The van der Waals surface area contributed by atoms with E-state index in [2.05, 4.69) is 10.1 Å². The molecule has 5 heteroatoms. The lowest BCUT2D eigenvalue weighted by atomic mass is 10.2. The number of imidazole rings is 1. The highest BCUT2D eigenvalue weighted by Crippen LogP contribution is 2.24. The average molecular weight is 282 g/mol. The zero-order valence-corrected chi connectivity index (χ0v) is 12.4. The highest BCUT2D eigenvalue weighted by molar-refractivity contribution is 5.46. The van der Waals surface area contributed by atoms with Crippen LogP contribution in [0.5, 0.6) is 0 Å². The summed E-state index contributed by atoms with van der Waals surface area (Å²) in [6.45, 7) is 5.85. The quantitative estimate of drug-likeness (QED) is 0.803. The number of aliphatic hydroxyl groups excluding tert-OH is 1. The minimum Gasteiger partial charge on any atom is -0.391 e. The molecule has 0 radical (unpaired) electrons. The molecule has 2 aromatic heterocycles. The van der Waals surface area contributed by atoms with Crippen LogP contribution in [0.1, 0.15) is 22.6 Å². The third-order valence-corrected chi connectivity index (χ3v) is 3.80. The summed E-state index contributed by atoms with van der Waals surface area (Å²) in [5, 5.41) is 14.3. The van der Waals surface area contributed by atoms with Crippen molar-refractivity contribution in [2.24, 2.45) is 0 Å². The molecule has 21 heavy (non-hydrogen) atoms. The van der Waals surface area contributed by atoms with Crippen molar-refractivity contribution in [3.8, 4) is 11.5 Å². The zero-order valence-electron chi connectivity index (χ0n) is 12.4. The first-order valence-electron chi connectivity index (χ1n) is 6.89. The molecule has 0 aliphatic heterocycles. The summed E-state index contributed by atoms with van der Waals surface area (Å²) in [5.41, 5.74) is 4.61. The largest absolute Gasteiger partial charge is 0.391 e. The van der Waals surface area contributed by atoms with Crippen molar-refractivity contribution in [3.63, 3.8) is 0 Å². The van der Waals surface area contributed by atoms with Gasteiger partial charge in [0.2, 0.25) is 0 Å². The van der Waals surface area contributed by atoms with Crippen molar-refractivity contribution < 1.29 is 5.11 Å². The summed E-state index contributed by atoms with van der Waals surface area (Å²) in [6, 6.07) is 9.91. The second-order valence-electron chi connectivity index (χ2n) is 5.08. The fourth-order valence-electron chi connectivity index (χ4n) is 2.44. The van der Waals surface area contributed by atoms with Gasteiger partial charge in [0, 0.05) is 11.3 Å². The van der Waals surface area contributed by atoms with Gasteiger partial charge in [0.05, 0.1) is 23.7 Å². The maximum Gasteiger partial charge on any atom is 0.147 e. The Morgan fingerprint density at radius 3 is 2.33 bits per heavy atom. The van der Waals surface area contributed by atoms with Gasteiger partial charge in [0.15, 0.2) is 0 Å². The van der Waals surface area contributed by atoms with E-state index in [0.717, 1.165) is 34.2 Å². The molecular formula is C16H18N4O. The van der Waals surface area contributed by atoms with Crippen molar-refractivity contribution in [2.45, 2.75) is 27.4 Å². The zero-order chi connectivity index (χ0) is 15.0. The fraction of sp³-hybridized carbons (Fsp3) is 0.250. The summed E-state index contributed by atoms with van der Waals surface area (Å²) >= 11 is 0. The number of aliphatic hydroxyl groups is 1. The van der Waals surface area contributed by atoms with Crippen LogP contribution < -0.4 is 0 Å². The molecule has 5 nitrogen and oxygen atoms in total. The van der Waals surface area contributed by atoms with Gasteiger partial charge in [-0.25, -0.2) is 9.67 Å². The SMILES string of the molecule is Cc1nn(-c2ccccc2)c(-n2cnc(C)c2C)c1CO. The van der Waals surface area contributed by atoms with Crippen LogP contribution in [0.25, 0.3) is 11.5 Å². The first-order valence-corrected chi connectivity index (χ1v) is 6.89. The number of nitrogens with zero attached hydrogens (tertiary/aromatic N) is 4. The van der Waals surface area contributed by atoms with E-state index < -0.39 is 0 Å². The average Bonchev–Trinajstić information content (AvgIpc) is 3.00. The van der Waals surface area contributed by atoms with Crippen molar-refractivity contribution >= 4 is 0 Å². The summed E-state index contributed by atoms with van der Waals surface area (Å²) in [5.74, 6) is 0.847. The van der Waals surface area contributed by atoms with Crippen LogP contribution in [-0.2, 0) is 6.61 Å². The standard InChI is InChI=1S/C16H18N4O/c1-11-13(3)19(10-17-11)16-15(9-21)12(2)18-20(16)14-7-5-4-6-8-14/h4-8,10,21H,9H2,1-3H3. The van der Waals surface area contributed by atoms with Crippen molar-refractivity contribution in [2.75, 3.05) is 0 Å². The molecule has 1 aromatic carbocycles. The first-order chi connectivity index (χ1) is 10.1. The predicted molar refractivity (Wildman–Crippen MR) is 80.8 cm³/mol. The molecule has 108 valence electrons. The van der Waals surface area contributed by atoms with Gasteiger partial charge in [0.1, 0.15) is 12.1 Å². The van der Waals surface area contributed by atoms with E-state index in [9.17, 15) is 5.11 Å². The van der Waals surface area contributed by atoms with E-state index >= 15 is 0 Å².